The monoisotopic (exact) mass is 2100 g/mol. The molecule has 6 saturated heterocycles. The molecule has 142 heavy (non-hydrogen) atoms. The maximum absolute atomic E-state index is 14.8. The van der Waals surface area contributed by atoms with E-state index in [0.717, 1.165) is 49.8 Å². The van der Waals surface area contributed by atoms with E-state index in [0.29, 0.717) is 11.1 Å². The maximum Gasteiger partial charge on any atom is 0.527 e. The van der Waals surface area contributed by atoms with Crippen LogP contribution in [0.15, 0.2) is 128 Å². The zero-order chi connectivity index (χ0) is 100. The molecule has 64 nitrogen and oxygen atoms in total. The first-order chi connectivity index (χ1) is 67.5. The minimum atomic E-state index is -5.73. The summed E-state index contributed by atoms with van der Waals surface area (Å²) < 4.78 is 198. The zero-order valence-corrected chi connectivity index (χ0v) is 78.0. The number of aliphatic hydroxyl groups excluding tert-OH is 1. The third-order valence-corrected chi connectivity index (χ3v) is 29.2. The highest BCUT2D eigenvalue weighted by Crippen LogP contribution is 2.58. The van der Waals surface area contributed by atoms with Crippen LogP contribution in [0.2, 0.25) is 0 Å². The van der Waals surface area contributed by atoms with Crippen LogP contribution >= 0.6 is 46.9 Å². The fourth-order valence-corrected chi connectivity index (χ4v) is 22.4. The van der Waals surface area contributed by atoms with Crippen LogP contribution in [0, 0.1) is 6.92 Å². The van der Waals surface area contributed by atoms with E-state index >= 15 is 0 Å². The Bertz CT molecular complexity index is 7710. The van der Waals surface area contributed by atoms with E-state index in [4.69, 9.17) is 111 Å². The van der Waals surface area contributed by atoms with Crippen molar-refractivity contribution in [2.75, 3.05) is 68.3 Å². The number of nitrogens with two attached hydrogens (primary N) is 5. The molecular weight excluding hydrogens is 2020 g/mol. The number of hydrogen-bond donors (Lipinski definition) is 17. The van der Waals surface area contributed by atoms with Gasteiger partial charge in [-0.2, -0.15) is 19.9 Å². The smallest absolute Gasteiger partial charge is 0.403 e. The average Bonchev–Trinajstić information content (AvgIpc) is 1.63. The highest BCUT2D eigenvalue weighted by atomic mass is 31.2. The van der Waals surface area contributed by atoms with Gasteiger partial charge in [0.1, 0.15) is 122 Å². The first kappa shape index (κ1) is 99.0. The first-order valence-electron chi connectivity index (χ1n) is 42.3. The van der Waals surface area contributed by atoms with Gasteiger partial charge in [0.25, 0.3) is 27.8 Å². The van der Waals surface area contributed by atoms with Crippen molar-refractivity contribution in [2.24, 2.45) is 0 Å². The standard InChI is InChI=1S/C72H83N27O37P6/c1-30-17-94(72(106)93-63(30)101)47-12-35(41(126-47)19-120-137(107,108)131-34-10-6-5-9-32(34)31-7-3-2-4-8-31)132-139(111,112)122-21-43-37(14-49(128-43)97-27-82-54-60(97)86-69(75)90-65(54)103)135-141(115,116)124-23-45-39(16-51(130-45)99-29-84-56-62(99)88-71(77)92-67(56)105)136-142(117,118)123-22-44-38(15-50(129-44)98-28-83-55-61(98)87-70(76)91-66(55)104)134-140(113,114)121-20-42-36(13-48(127-42)95-25-80-52-57(73)78-24-79-58(52)95)133-138(109,110)119-18-40-33(100)11-46(125-40)96-26-81-53-59(96)85-68(74)89-64(53)102/h2-10,17,24-29,33,35-51,100H,11-16,18-23H2,1H3,(H,107,108)(H,109,110)(H,111,112)(H,113,114)(H,115,116)(H,117,118)(H2,73,78,79)(H,93,101,106)(H3,74,85,89,102)(H3,75,86,90,103)(H3,76,87,91,104)(H3,77,88,92,105). The van der Waals surface area contributed by atoms with E-state index in [1.807, 2.05) is 0 Å². The second-order valence-corrected chi connectivity index (χ2v) is 41.1. The molecule has 24 unspecified atom stereocenters. The minimum absolute atomic E-state index is 0.00463. The normalized spacial score (nSPS) is 27.4. The van der Waals surface area contributed by atoms with Crippen LogP contribution in [0.5, 0.6) is 5.75 Å². The Balaban J connectivity index is 0.551. The Kier molecular flexibility index (Phi) is 27.3. The predicted molar refractivity (Wildman–Crippen MR) is 475 cm³/mol. The largest absolute Gasteiger partial charge is 0.527 e. The van der Waals surface area contributed by atoms with Gasteiger partial charge in [-0.05, 0) is 18.6 Å². The average molecular weight is 2100 g/mol. The zero-order valence-electron chi connectivity index (χ0n) is 72.7. The summed E-state index contributed by atoms with van der Waals surface area (Å²) in [7, 11) is -33.2. The number of aromatic amines is 5. The van der Waals surface area contributed by atoms with Crippen LogP contribution in [0.4, 0.5) is 29.6 Å². The van der Waals surface area contributed by atoms with E-state index in [1.54, 1.807) is 42.5 Å². The molecular formula is C72H83N27O37P6. The molecule has 6 aliphatic heterocycles. The summed E-state index contributed by atoms with van der Waals surface area (Å²) in [6.45, 7) is -4.90. The summed E-state index contributed by atoms with van der Waals surface area (Å²) >= 11 is 0. The summed E-state index contributed by atoms with van der Waals surface area (Å²) in [6.07, 6.45) is -23.3. The Hall–Kier alpha value is -11.7. The molecule has 24 atom stereocenters. The first-order valence-corrected chi connectivity index (χ1v) is 51.3. The molecule has 0 spiro atoms. The highest BCUT2D eigenvalue weighted by molar-refractivity contribution is 7.48. The lowest BCUT2D eigenvalue weighted by Gasteiger charge is -2.26. The molecule has 6 fully saturated rings. The fourth-order valence-electron chi connectivity index (χ4n) is 16.8. The van der Waals surface area contributed by atoms with Gasteiger partial charge in [0.05, 0.1) is 77.4 Å². The van der Waals surface area contributed by atoms with Gasteiger partial charge in [0.15, 0.2) is 56.1 Å². The van der Waals surface area contributed by atoms with Crippen LogP contribution < -0.4 is 66.7 Å². The molecule has 0 amide bonds. The van der Waals surface area contributed by atoms with Crippen LogP contribution in [-0.2, 0) is 106 Å². The van der Waals surface area contributed by atoms with E-state index in [2.05, 4.69) is 79.7 Å². The van der Waals surface area contributed by atoms with Crippen LogP contribution in [0.1, 0.15) is 81.5 Å². The number of aliphatic hydroxyl groups is 1. The summed E-state index contributed by atoms with van der Waals surface area (Å²) in [4.78, 5) is 204. The molecule has 0 aliphatic carbocycles. The number of benzene rings is 2. The number of nitrogens with zero attached hydrogens (tertiary/aromatic N) is 17. The van der Waals surface area contributed by atoms with Gasteiger partial charge in [-0.25, -0.2) is 67.1 Å². The lowest BCUT2D eigenvalue weighted by atomic mass is 10.1. The molecule has 13 aromatic rings. The number of nitrogen functional groups attached to an aromatic ring is 5. The number of para-hydroxylation sites is 1. The topological polar surface area (TPSA) is 893 Å². The van der Waals surface area contributed by atoms with Gasteiger partial charge >= 0.3 is 52.6 Å². The summed E-state index contributed by atoms with van der Waals surface area (Å²) in [5, 5.41) is 11.1. The number of phosphoric acid groups is 6. The summed E-state index contributed by atoms with van der Waals surface area (Å²) in [5.41, 5.74) is 24.3. The highest BCUT2D eigenvalue weighted by Gasteiger charge is 2.53. The molecule has 22 N–H and O–H groups in total. The van der Waals surface area contributed by atoms with Gasteiger partial charge < -0.3 is 91.2 Å². The van der Waals surface area contributed by atoms with Gasteiger partial charge in [-0.1, -0.05) is 48.5 Å². The number of aryl methyl sites for hydroxylation is 1. The molecule has 0 radical (unpaired) electrons. The van der Waals surface area contributed by atoms with Crippen molar-refractivity contribution < 1.29 is 145 Å². The van der Waals surface area contributed by atoms with Crippen molar-refractivity contribution in [3.05, 3.63) is 167 Å². The van der Waals surface area contributed by atoms with E-state index in [-0.39, 0.29) is 91.7 Å². The number of ether oxygens (including phenoxy) is 6. The molecule has 11 aromatic heterocycles. The summed E-state index contributed by atoms with van der Waals surface area (Å²) in [6, 6.07) is 14.8. The van der Waals surface area contributed by atoms with Crippen molar-refractivity contribution in [2.45, 2.75) is 156 Å². The molecule has 0 saturated carbocycles. The van der Waals surface area contributed by atoms with E-state index < -0.39 is 274 Å². The molecule has 0 bridgehead atoms. The maximum atomic E-state index is 14.8. The lowest BCUT2D eigenvalue weighted by Crippen LogP contribution is -2.33. The number of imidazole rings is 5. The second-order valence-electron chi connectivity index (χ2n) is 32.7. The van der Waals surface area contributed by atoms with Crippen molar-refractivity contribution in [3.8, 4) is 16.9 Å². The Labute approximate surface area is 788 Å². The fraction of sp³-hybridized carbons (Fsp3) is 0.431. The third kappa shape index (κ3) is 21.3. The number of aromatic nitrogens is 22. The number of fused-ring (bicyclic) bond motifs is 5. The number of H-pyrrole nitrogens is 5. The molecule has 17 heterocycles. The quantitative estimate of drug-likeness (QED) is 0.0237. The number of hydrogen-bond acceptors (Lipinski definition) is 47. The number of anilines is 5. The predicted octanol–water partition coefficient (Wildman–Crippen LogP) is 0.589. The lowest BCUT2D eigenvalue weighted by molar-refractivity contribution is -0.0638. The van der Waals surface area contributed by atoms with E-state index in [1.165, 1.54) is 40.8 Å². The molecule has 70 heteroatoms. The van der Waals surface area contributed by atoms with Crippen LogP contribution in [0.25, 0.3) is 66.9 Å². The molecule has 758 valence electrons. The van der Waals surface area contributed by atoms with Gasteiger partial charge in [-0.3, -0.25) is 131 Å². The number of rotatable bonds is 37. The van der Waals surface area contributed by atoms with Crippen molar-refractivity contribution in [3.63, 3.8) is 0 Å². The van der Waals surface area contributed by atoms with Crippen molar-refractivity contribution in [1.29, 1.82) is 0 Å². The molecule has 2 aromatic carbocycles. The van der Waals surface area contributed by atoms with Gasteiger partial charge in [0, 0.05) is 55.8 Å². The van der Waals surface area contributed by atoms with Gasteiger partial charge in [-0.15, -0.1) is 0 Å². The van der Waals surface area contributed by atoms with Crippen LogP contribution in [0.3, 0.4) is 0 Å². The number of nitrogens with one attached hydrogen (secondary N) is 5. The minimum Gasteiger partial charge on any atom is -0.403 e. The summed E-state index contributed by atoms with van der Waals surface area (Å²) in [5.74, 6) is -1.64. The SMILES string of the molecule is Cc1cn(C2CC(OP(=O)(O)OCC3OC(n4cnc5c(=O)[nH]c(N)nc54)CC3OP(=O)(O)OCC3OC(n4cnc5c(=O)[nH]c(N)nc54)CC3OP(=O)(O)OCC3OC(n4cnc5c(=O)[nH]c(N)nc54)CC3OP(=O)(O)OCC3OC(n4cnc5c(N)ncnc54)CC3OP(=O)(O)OCC3OC(n4cnc5c(=O)[nH]c(N)nc54)CC3O)C(COP(=O)(O)Oc3ccccc3-c3ccccc3)O2)c(=O)[nH]c1=O. The van der Waals surface area contributed by atoms with Crippen molar-refractivity contribution >= 4 is 132 Å². The van der Waals surface area contributed by atoms with Gasteiger partial charge in [0.2, 0.25) is 23.8 Å². The molecule has 19 rings (SSSR count). The van der Waals surface area contributed by atoms with Crippen LogP contribution in [-0.4, -0.2) is 255 Å². The molecule has 6 aliphatic rings. The third-order valence-electron chi connectivity index (χ3n) is 23.2. The Morgan fingerprint density at radius 3 is 1.03 bits per heavy atom. The van der Waals surface area contributed by atoms with E-state index in [9.17, 15) is 90.6 Å². The Morgan fingerprint density at radius 2 is 0.662 bits per heavy atom. The second kappa shape index (κ2) is 39.1. The van der Waals surface area contributed by atoms with Crippen molar-refractivity contribution in [1.82, 2.24) is 107 Å². The number of phosphoric ester groups is 6. The Morgan fingerprint density at radius 1 is 0.359 bits per heavy atom.